The maximum Gasteiger partial charge on any atom is 0.396 e. The lowest BCUT2D eigenvalue weighted by molar-refractivity contribution is -0.177. The van der Waals surface area contributed by atoms with Crippen molar-refractivity contribution < 1.29 is 63.9 Å². The molecule has 6 atom stereocenters. The standard InChI is InChI=1S/C19H16F4O10S/c20-18(21,19(22,23)34(27,28)29)6-7-30-16(25)9-10-12-14(33-17(10)26)13(11(9)31-12)32-15(24)8-4-2-1-3-5-8/h1-5,9-14H,6-7H2,(H,27,28,29)/p-1. The minimum Gasteiger partial charge on any atom is -0.743 e. The van der Waals surface area contributed by atoms with Gasteiger partial charge in [-0.15, -0.1) is 0 Å². The molecule has 1 aromatic carbocycles. The van der Waals surface area contributed by atoms with E-state index in [0.29, 0.717) is 0 Å². The summed E-state index contributed by atoms with van der Waals surface area (Å²) in [6.45, 7) is -1.40. The Balaban J connectivity index is 1.44. The third kappa shape index (κ3) is 3.80. The van der Waals surface area contributed by atoms with E-state index in [-0.39, 0.29) is 5.56 Å². The highest BCUT2D eigenvalue weighted by Crippen LogP contribution is 2.51. The van der Waals surface area contributed by atoms with Gasteiger partial charge in [-0.05, 0) is 12.1 Å². The number of alkyl halides is 4. The molecule has 34 heavy (non-hydrogen) atoms. The van der Waals surface area contributed by atoms with E-state index in [1.165, 1.54) is 12.1 Å². The monoisotopic (exact) mass is 511 g/mol. The number of hydrogen-bond acceptors (Lipinski definition) is 10. The van der Waals surface area contributed by atoms with Gasteiger partial charge in [0, 0.05) is 0 Å². The third-order valence-corrected chi connectivity index (χ3v) is 6.76. The Morgan fingerprint density at radius 1 is 1.06 bits per heavy atom. The molecule has 1 aromatic rings. The lowest BCUT2D eigenvalue weighted by Crippen LogP contribution is -2.49. The van der Waals surface area contributed by atoms with Gasteiger partial charge in [0.2, 0.25) is 0 Å². The first kappa shape index (κ1) is 24.3. The summed E-state index contributed by atoms with van der Waals surface area (Å²) in [6.07, 6.45) is -6.45. The van der Waals surface area contributed by atoms with Gasteiger partial charge in [0.15, 0.2) is 22.3 Å². The molecule has 4 rings (SSSR count). The number of fused-ring (bicyclic) bond motifs is 1. The van der Waals surface area contributed by atoms with Crippen molar-refractivity contribution in [1.82, 2.24) is 0 Å². The first-order valence-electron chi connectivity index (χ1n) is 9.76. The van der Waals surface area contributed by atoms with Crippen LogP contribution >= 0.6 is 0 Å². The van der Waals surface area contributed by atoms with Gasteiger partial charge >= 0.3 is 29.1 Å². The maximum absolute atomic E-state index is 13.6. The zero-order valence-corrected chi connectivity index (χ0v) is 17.6. The van der Waals surface area contributed by atoms with Crippen molar-refractivity contribution in [3.05, 3.63) is 35.9 Å². The van der Waals surface area contributed by atoms with Crippen LogP contribution in [-0.2, 0) is 38.7 Å². The molecule has 0 aliphatic carbocycles. The van der Waals surface area contributed by atoms with Crippen molar-refractivity contribution in [3.8, 4) is 0 Å². The number of rotatable bonds is 8. The van der Waals surface area contributed by atoms with E-state index in [1.54, 1.807) is 18.2 Å². The van der Waals surface area contributed by atoms with Crippen LogP contribution in [0, 0.1) is 11.8 Å². The van der Waals surface area contributed by atoms with Crippen LogP contribution in [0.4, 0.5) is 17.6 Å². The van der Waals surface area contributed by atoms with E-state index in [1.807, 2.05) is 0 Å². The van der Waals surface area contributed by atoms with E-state index < -0.39 is 88.5 Å². The van der Waals surface area contributed by atoms with Crippen molar-refractivity contribution in [1.29, 1.82) is 0 Å². The fraction of sp³-hybridized carbons (Fsp3) is 0.526. The first-order valence-corrected chi connectivity index (χ1v) is 11.2. The Bertz CT molecular complexity index is 1110. The Labute approximate surface area is 188 Å². The molecule has 0 N–H and O–H groups in total. The predicted molar refractivity (Wildman–Crippen MR) is 96.3 cm³/mol. The highest BCUT2D eigenvalue weighted by Gasteiger charge is 2.72. The van der Waals surface area contributed by atoms with Crippen LogP contribution < -0.4 is 0 Å². The van der Waals surface area contributed by atoms with E-state index >= 15 is 0 Å². The average molecular weight is 511 g/mol. The average Bonchev–Trinajstić information content (AvgIpc) is 3.37. The van der Waals surface area contributed by atoms with Crippen molar-refractivity contribution in [2.75, 3.05) is 6.61 Å². The molecule has 0 radical (unpaired) electrons. The highest BCUT2D eigenvalue weighted by atomic mass is 32.2. The zero-order valence-electron chi connectivity index (χ0n) is 16.8. The third-order valence-electron chi connectivity index (χ3n) is 5.83. The number of hydrogen-bond donors (Lipinski definition) is 0. The maximum atomic E-state index is 13.6. The second kappa shape index (κ2) is 8.16. The Morgan fingerprint density at radius 2 is 1.71 bits per heavy atom. The summed E-state index contributed by atoms with van der Waals surface area (Å²) in [4.78, 5) is 37.2. The second-order valence-corrected chi connectivity index (χ2v) is 9.27. The molecule has 3 saturated heterocycles. The summed E-state index contributed by atoms with van der Waals surface area (Å²) in [5.74, 6) is -11.0. The summed E-state index contributed by atoms with van der Waals surface area (Å²) < 4.78 is 106. The number of halogens is 4. The van der Waals surface area contributed by atoms with Gasteiger partial charge in [-0.3, -0.25) is 9.59 Å². The molecular weight excluding hydrogens is 496 g/mol. The summed E-state index contributed by atoms with van der Waals surface area (Å²) in [5, 5.41) is -5.93. The van der Waals surface area contributed by atoms with Crippen molar-refractivity contribution in [2.24, 2.45) is 11.8 Å². The quantitative estimate of drug-likeness (QED) is 0.213. The van der Waals surface area contributed by atoms with E-state index in [9.17, 15) is 44.9 Å². The zero-order chi connectivity index (χ0) is 25.1. The smallest absolute Gasteiger partial charge is 0.396 e. The van der Waals surface area contributed by atoms with Crippen molar-refractivity contribution in [3.63, 3.8) is 0 Å². The summed E-state index contributed by atoms with van der Waals surface area (Å²) >= 11 is 0. The molecule has 10 nitrogen and oxygen atoms in total. The molecule has 0 aromatic heterocycles. The lowest BCUT2D eigenvalue weighted by atomic mass is 9.78. The van der Waals surface area contributed by atoms with Gasteiger partial charge in [-0.25, -0.2) is 13.2 Å². The van der Waals surface area contributed by atoms with Crippen LogP contribution in [0.2, 0.25) is 0 Å². The largest absolute Gasteiger partial charge is 0.743 e. The number of ether oxygens (including phenoxy) is 4. The van der Waals surface area contributed by atoms with Gasteiger partial charge in [0.25, 0.3) is 0 Å². The van der Waals surface area contributed by atoms with Crippen LogP contribution in [0.1, 0.15) is 16.8 Å². The Kier molecular flexibility index (Phi) is 5.85. The molecule has 3 aliphatic heterocycles. The molecule has 3 fully saturated rings. The minimum absolute atomic E-state index is 0.154. The van der Waals surface area contributed by atoms with Gasteiger partial charge in [0.05, 0.1) is 18.6 Å². The SMILES string of the molecule is O=C(OC1C2OC(=O)C3C2OC1C3C(=O)OCCC(F)(F)C(F)(F)S(=O)(=O)[O-])c1ccccc1. The molecule has 0 spiro atoms. The Hall–Kier alpha value is -2.78. The minimum atomic E-state index is -6.69. The molecule has 0 amide bonds. The van der Waals surface area contributed by atoms with Crippen molar-refractivity contribution >= 4 is 28.0 Å². The van der Waals surface area contributed by atoms with Gasteiger partial charge in [-0.2, -0.15) is 17.6 Å². The number of carbonyl (C=O) groups excluding carboxylic acids is 3. The number of carbonyl (C=O) groups is 3. The molecular formula is C19H15F4O10S-. The predicted octanol–water partition coefficient (Wildman–Crippen LogP) is 0.857. The summed E-state index contributed by atoms with van der Waals surface area (Å²) in [5.41, 5.74) is 0.154. The van der Waals surface area contributed by atoms with Crippen LogP contribution in [0.15, 0.2) is 30.3 Å². The highest BCUT2D eigenvalue weighted by molar-refractivity contribution is 7.86. The summed E-state index contributed by atoms with van der Waals surface area (Å²) in [7, 11) is -6.69. The molecule has 3 heterocycles. The molecule has 15 heteroatoms. The van der Waals surface area contributed by atoms with E-state index in [0.717, 1.165) is 0 Å². The fourth-order valence-electron chi connectivity index (χ4n) is 4.21. The second-order valence-electron chi connectivity index (χ2n) is 7.85. The first-order chi connectivity index (χ1) is 15.8. The van der Waals surface area contributed by atoms with E-state index in [2.05, 4.69) is 4.74 Å². The van der Waals surface area contributed by atoms with Gasteiger partial charge in [0.1, 0.15) is 24.0 Å². The fourth-order valence-corrected chi connectivity index (χ4v) is 4.68. The molecule has 3 aliphatic rings. The lowest BCUT2D eigenvalue weighted by Gasteiger charge is -2.29. The van der Waals surface area contributed by atoms with Crippen LogP contribution in [-0.4, -0.2) is 73.1 Å². The van der Waals surface area contributed by atoms with Gasteiger partial charge < -0.3 is 23.5 Å². The Morgan fingerprint density at radius 3 is 2.32 bits per heavy atom. The summed E-state index contributed by atoms with van der Waals surface area (Å²) in [6, 6.07) is 7.68. The van der Waals surface area contributed by atoms with Crippen LogP contribution in [0.5, 0.6) is 0 Å². The molecule has 0 saturated carbocycles. The molecule has 6 unspecified atom stereocenters. The molecule has 2 bridgehead atoms. The van der Waals surface area contributed by atoms with E-state index in [4.69, 9.17) is 14.2 Å². The van der Waals surface area contributed by atoms with Crippen LogP contribution in [0.25, 0.3) is 0 Å². The number of esters is 3. The topological polar surface area (TPSA) is 145 Å². The van der Waals surface area contributed by atoms with Gasteiger partial charge in [-0.1, -0.05) is 18.2 Å². The van der Waals surface area contributed by atoms with Crippen LogP contribution in [0.3, 0.4) is 0 Å². The normalized spacial score (nSPS) is 30.2. The number of benzene rings is 1. The molecule has 186 valence electrons. The van der Waals surface area contributed by atoms with Crippen molar-refractivity contribution in [2.45, 2.75) is 42.0 Å².